The standard InChI is InChI=1S/C18H22N4/c1-4-15-10-11-22(18-19-13(2)12-14(3)20-18)21-17(15)16-8-6-5-7-9-16/h5-9,12,15H,4,10-11H2,1-3H3. The van der Waals surface area contributed by atoms with E-state index < -0.39 is 0 Å². The molecule has 4 heteroatoms. The van der Waals surface area contributed by atoms with Crippen molar-refractivity contribution in [3.8, 4) is 0 Å². The van der Waals surface area contributed by atoms with Gasteiger partial charge in [0.25, 0.3) is 0 Å². The quantitative estimate of drug-likeness (QED) is 0.866. The lowest BCUT2D eigenvalue weighted by Gasteiger charge is -2.29. The van der Waals surface area contributed by atoms with Gasteiger partial charge in [0.1, 0.15) is 0 Å². The highest BCUT2D eigenvalue weighted by Crippen LogP contribution is 2.25. The summed E-state index contributed by atoms with van der Waals surface area (Å²) in [5, 5.41) is 6.83. The lowest BCUT2D eigenvalue weighted by molar-refractivity contribution is 0.559. The Balaban J connectivity index is 2.00. The molecule has 0 saturated carbocycles. The third-order valence-corrected chi connectivity index (χ3v) is 4.07. The summed E-state index contributed by atoms with van der Waals surface area (Å²) in [6.45, 7) is 7.10. The van der Waals surface area contributed by atoms with Gasteiger partial charge in [0, 0.05) is 23.9 Å². The summed E-state index contributed by atoms with van der Waals surface area (Å²) in [7, 11) is 0. The Hall–Kier alpha value is -2.23. The minimum atomic E-state index is 0.504. The summed E-state index contributed by atoms with van der Waals surface area (Å²) in [6.07, 6.45) is 2.19. The SMILES string of the molecule is CCC1CCN(c2nc(C)cc(C)n2)N=C1c1ccccc1. The molecule has 0 radical (unpaired) electrons. The minimum absolute atomic E-state index is 0.504. The molecule has 0 fully saturated rings. The Bertz CT molecular complexity index is 658. The van der Waals surface area contributed by atoms with E-state index >= 15 is 0 Å². The van der Waals surface area contributed by atoms with Crippen molar-refractivity contribution in [2.75, 3.05) is 11.6 Å². The zero-order valence-corrected chi connectivity index (χ0v) is 13.5. The van der Waals surface area contributed by atoms with E-state index in [9.17, 15) is 0 Å². The predicted molar refractivity (Wildman–Crippen MR) is 90.2 cm³/mol. The Morgan fingerprint density at radius 1 is 1.09 bits per heavy atom. The van der Waals surface area contributed by atoms with Gasteiger partial charge < -0.3 is 0 Å². The topological polar surface area (TPSA) is 41.4 Å². The van der Waals surface area contributed by atoms with Gasteiger partial charge in [-0.3, -0.25) is 0 Å². The van der Waals surface area contributed by atoms with E-state index in [1.54, 1.807) is 0 Å². The normalized spacial score (nSPS) is 18.2. The van der Waals surface area contributed by atoms with Crippen LogP contribution in [0.3, 0.4) is 0 Å². The number of benzene rings is 1. The van der Waals surface area contributed by atoms with Crippen molar-refractivity contribution in [1.82, 2.24) is 9.97 Å². The molecule has 4 nitrogen and oxygen atoms in total. The van der Waals surface area contributed by atoms with Crippen molar-refractivity contribution in [3.63, 3.8) is 0 Å². The Labute approximate surface area is 131 Å². The molecule has 114 valence electrons. The van der Waals surface area contributed by atoms with Crippen LogP contribution in [0.1, 0.15) is 36.7 Å². The molecule has 3 rings (SSSR count). The van der Waals surface area contributed by atoms with Gasteiger partial charge in [0.15, 0.2) is 0 Å². The van der Waals surface area contributed by atoms with Gasteiger partial charge >= 0.3 is 0 Å². The second-order valence-corrected chi connectivity index (χ2v) is 5.82. The van der Waals surface area contributed by atoms with Crippen molar-refractivity contribution in [3.05, 3.63) is 53.3 Å². The summed E-state index contributed by atoms with van der Waals surface area (Å²) in [5.74, 6) is 1.21. The first-order valence-electron chi connectivity index (χ1n) is 7.91. The van der Waals surface area contributed by atoms with Crippen LogP contribution in [-0.4, -0.2) is 22.2 Å². The van der Waals surface area contributed by atoms with E-state index in [2.05, 4.69) is 41.2 Å². The number of aryl methyl sites for hydroxylation is 2. The third kappa shape index (κ3) is 3.01. The second-order valence-electron chi connectivity index (χ2n) is 5.82. The molecular weight excluding hydrogens is 272 g/mol. The fraction of sp³-hybridized carbons (Fsp3) is 0.389. The minimum Gasteiger partial charge on any atom is -0.231 e. The molecule has 2 heterocycles. The summed E-state index contributed by atoms with van der Waals surface area (Å²) in [6, 6.07) is 12.4. The molecule has 22 heavy (non-hydrogen) atoms. The molecule has 0 bridgehead atoms. The van der Waals surface area contributed by atoms with E-state index in [1.807, 2.05) is 31.0 Å². The first-order chi connectivity index (χ1) is 10.7. The molecule has 0 N–H and O–H groups in total. The third-order valence-electron chi connectivity index (χ3n) is 4.07. The first kappa shape index (κ1) is 14.7. The molecule has 0 saturated heterocycles. The highest BCUT2D eigenvalue weighted by atomic mass is 15.5. The predicted octanol–water partition coefficient (Wildman–Crippen LogP) is 3.73. The van der Waals surface area contributed by atoms with Gasteiger partial charge in [0.2, 0.25) is 5.95 Å². The zero-order valence-electron chi connectivity index (χ0n) is 13.5. The second kappa shape index (κ2) is 6.26. The highest BCUT2D eigenvalue weighted by Gasteiger charge is 2.25. The molecule has 1 aromatic heterocycles. The number of hydrogen-bond acceptors (Lipinski definition) is 4. The Kier molecular flexibility index (Phi) is 4.18. The molecule has 0 amide bonds. The van der Waals surface area contributed by atoms with Crippen LogP contribution >= 0.6 is 0 Å². The van der Waals surface area contributed by atoms with Crippen LogP contribution in [0.15, 0.2) is 41.5 Å². The van der Waals surface area contributed by atoms with Crippen LogP contribution < -0.4 is 5.01 Å². The zero-order chi connectivity index (χ0) is 15.5. The number of anilines is 1. The van der Waals surface area contributed by atoms with Gasteiger partial charge in [-0.2, -0.15) is 5.10 Å². The molecule has 0 spiro atoms. The van der Waals surface area contributed by atoms with Crippen molar-refractivity contribution in [1.29, 1.82) is 0 Å². The molecular formula is C18H22N4. The molecule has 2 aromatic rings. The van der Waals surface area contributed by atoms with Crippen LogP contribution in [0.25, 0.3) is 0 Å². The Morgan fingerprint density at radius 2 is 1.77 bits per heavy atom. The van der Waals surface area contributed by atoms with Gasteiger partial charge in [-0.15, -0.1) is 0 Å². The van der Waals surface area contributed by atoms with Crippen LogP contribution in [0.2, 0.25) is 0 Å². The maximum atomic E-state index is 4.88. The van der Waals surface area contributed by atoms with E-state index in [4.69, 9.17) is 5.10 Å². The molecule has 1 aromatic carbocycles. The molecule has 1 aliphatic heterocycles. The number of hydrazone groups is 1. The largest absolute Gasteiger partial charge is 0.246 e. The average Bonchev–Trinajstić information content (AvgIpc) is 2.54. The average molecular weight is 294 g/mol. The van der Waals surface area contributed by atoms with Gasteiger partial charge in [-0.05, 0) is 38.3 Å². The smallest absolute Gasteiger partial charge is 0.231 e. The summed E-state index contributed by atoms with van der Waals surface area (Å²) >= 11 is 0. The van der Waals surface area contributed by atoms with Crippen molar-refractivity contribution in [2.24, 2.45) is 11.0 Å². The lowest BCUT2D eigenvalue weighted by Crippen LogP contribution is -2.33. The van der Waals surface area contributed by atoms with E-state index in [0.29, 0.717) is 11.9 Å². The maximum Gasteiger partial charge on any atom is 0.246 e. The first-order valence-corrected chi connectivity index (χ1v) is 7.91. The van der Waals surface area contributed by atoms with Crippen LogP contribution in [0.4, 0.5) is 5.95 Å². The summed E-state index contributed by atoms with van der Waals surface area (Å²) < 4.78 is 0. The van der Waals surface area contributed by atoms with E-state index in [1.165, 1.54) is 5.56 Å². The number of nitrogens with zero attached hydrogens (tertiary/aromatic N) is 4. The fourth-order valence-corrected chi connectivity index (χ4v) is 2.94. The van der Waals surface area contributed by atoms with Crippen molar-refractivity contribution in [2.45, 2.75) is 33.6 Å². The maximum absolute atomic E-state index is 4.88. The van der Waals surface area contributed by atoms with E-state index in [0.717, 1.165) is 36.5 Å². The van der Waals surface area contributed by atoms with Crippen molar-refractivity contribution < 1.29 is 0 Å². The summed E-state index contributed by atoms with van der Waals surface area (Å²) in [5.41, 5.74) is 4.31. The lowest BCUT2D eigenvalue weighted by atomic mass is 9.90. The molecule has 0 aliphatic carbocycles. The fourth-order valence-electron chi connectivity index (χ4n) is 2.94. The molecule has 1 aliphatic rings. The van der Waals surface area contributed by atoms with Gasteiger partial charge in [-0.25, -0.2) is 15.0 Å². The number of rotatable bonds is 3. The van der Waals surface area contributed by atoms with Crippen LogP contribution in [0, 0.1) is 19.8 Å². The van der Waals surface area contributed by atoms with Crippen molar-refractivity contribution >= 4 is 11.7 Å². The van der Waals surface area contributed by atoms with Gasteiger partial charge in [0.05, 0.1) is 5.71 Å². The Morgan fingerprint density at radius 3 is 2.41 bits per heavy atom. The highest BCUT2D eigenvalue weighted by molar-refractivity contribution is 6.03. The summed E-state index contributed by atoms with van der Waals surface area (Å²) in [4.78, 5) is 9.09. The number of hydrogen-bond donors (Lipinski definition) is 0. The van der Waals surface area contributed by atoms with Crippen LogP contribution in [-0.2, 0) is 0 Å². The molecule has 1 atom stereocenters. The number of aromatic nitrogens is 2. The van der Waals surface area contributed by atoms with Gasteiger partial charge in [-0.1, -0.05) is 37.3 Å². The molecule has 1 unspecified atom stereocenters. The van der Waals surface area contributed by atoms with Crippen LogP contribution in [0.5, 0.6) is 0 Å². The van der Waals surface area contributed by atoms with E-state index in [-0.39, 0.29) is 0 Å². The monoisotopic (exact) mass is 294 g/mol.